The maximum atomic E-state index is 13.3. The molecule has 2 aliphatic rings. The Morgan fingerprint density at radius 2 is 1.84 bits per heavy atom. The van der Waals surface area contributed by atoms with Crippen LogP contribution in [0.2, 0.25) is 18.1 Å². The van der Waals surface area contributed by atoms with Gasteiger partial charge < -0.3 is 13.9 Å². The lowest BCUT2D eigenvalue weighted by molar-refractivity contribution is -0.148. The summed E-state index contributed by atoms with van der Waals surface area (Å²) in [6.07, 6.45) is 1.84. The Bertz CT molecular complexity index is 1070. The minimum Gasteiger partial charge on any atom is -0.543 e. The van der Waals surface area contributed by atoms with E-state index in [1.165, 1.54) is 0 Å². The zero-order chi connectivity index (χ0) is 23.1. The summed E-state index contributed by atoms with van der Waals surface area (Å²) in [5.74, 6) is -0.917. The van der Waals surface area contributed by atoms with E-state index in [1.807, 2.05) is 54.6 Å². The number of rotatable bonds is 5. The van der Waals surface area contributed by atoms with Crippen LogP contribution < -0.4 is 4.43 Å². The average molecular weight is 451 g/mol. The summed E-state index contributed by atoms with van der Waals surface area (Å²) in [5.41, 5.74) is 3.12. The van der Waals surface area contributed by atoms with Crippen LogP contribution in [-0.4, -0.2) is 26.9 Å². The molecule has 0 N–H and O–H groups in total. The molecule has 32 heavy (non-hydrogen) atoms. The molecular formula is C26H30O5Si. The van der Waals surface area contributed by atoms with Crippen molar-refractivity contribution in [3.63, 3.8) is 0 Å². The summed E-state index contributed by atoms with van der Waals surface area (Å²) >= 11 is 0. The van der Waals surface area contributed by atoms with Crippen molar-refractivity contribution in [3.8, 4) is 5.75 Å². The van der Waals surface area contributed by atoms with Crippen LogP contribution in [-0.2, 0) is 25.7 Å². The van der Waals surface area contributed by atoms with E-state index in [4.69, 9.17) is 13.9 Å². The van der Waals surface area contributed by atoms with Gasteiger partial charge in [-0.25, -0.2) is 4.79 Å². The molecule has 0 amide bonds. The van der Waals surface area contributed by atoms with Gasteiger partial charge in [-0.3, -0.25) is 4.79 Å². The maximum Gasteiger partial charge on any atom is 0.334 e. The van der Waals surface area contributed by atoms with E-state index in [1.54, 1.807) is 0 Å². The summed E-state index contributed by atoms with van der Waals surface area (Å²) in [6.45, 7) is 11.3. The van der Waals surface area contributed by atoms with Gasteiger partial charge in [-0.15, -0.1) is 0 Å². The molecule has 1 aliphatic heterocycles. The third-order valence-corrected chi connectivity index (χ3v) is 11.2. The van der Waals surface area contributed by atoms with E-state index >= 15 is 0 Å². The van der Waals surface area contributed by atoms with E-state index in [0.717, 1.165) is 22.4 Å². The minimum absolute atomic E-state index is 0.0513. The highest BCUT2D eigenvalue weighted by Gasteiger charge is 2.45. The number of benzene rings is 2. The predicted molar refractivity (Wildman–Crippen MR) is 126 cm³/mol. The lowest BCUT2D eigenvalue weighted by Crippen LogP contribution is -2.43. The second-order valence-corrected chi connectivity index (χ2v) is 14.8. The Kier molecular flexibility index (Phi) is 5.75. The van der Waals surface area contributed by atoms with E-state index < -0.39 is 14.2 Å². The molecule has 2 atom stereocenters. The summed E-state index contributed by atoms with van der Waals surface area (Å²) in [6, 6.07) is 15.4. The molecular weight excluding hydrogens is 420 g/mol. The van der Waals surface area contributed by atoms with E-state index in [2.05, 4.69) is 33.9 Å². The molecule has 2 aromatic carbocycles. The average Bonchev–Trinajstić information content (AvgIpc) is 3.10. The second kappa shape index (κ2) is 8.24. The maximum absolute atomic E-state index is 13.3. The number of hydrogen-bond donors (Lipinski definition) is 0. The van der Waals surface area contributed by atoms with Crippen LogP contribution in [0.15, 0.2) is 54.1 Å². The van der Waals surface area contributed by atoms with Crippen LogP contribution >= 0.6 is 0 Å². The van der Waals surface area contributed by atoms with Gasteiger partial charge in [-0.2, -0.15) is 0 Å². The van der Waals surface area contributed by atoms with Crippen molar-refractivity contribution in [2.45, 2.75) is 51.4 Å². The highest BCUT2D eigenvalue weighted by Crippen LogP contribution is 2.45. The molecule has 5 nitrogen and oxygen atoms in total. The van der Waals surface area contributed by atoms with Crippen LogP contribution in [0.5, 0.6) is 5.75 Å². The van der Waals surface area contributed by atoms with Gasteiger partial charge in [0, 0.05) is 11.5 Å². The molecule has 0 radical (unpaired) electrons. The Hall–Kier alpha value is -2.86. The SMILES string of the molecule is CC(C)(C)[Si](C)(C)Oc1ccc2c(c1)[C@H](C(=O)OCc1ccccc1)[C@H]1COC(=O)C1=C2. The third kappa shape index (κ3) is 4.24. The molecule has 4 rings (SSSR count). The molecule has 1 aliphatic carbocycles. The normalized spacial score (nSPS) is 20.0. The fourth-order valence-electron chi connectivity index (χ4n) is 3.89. The number of ether oxygens (including phenoxy) is 2. The van der Waals surface area contributed by atoms with Crippen molar-refractivity contribution in [1.29, 1.82) is 0 Å². The molecule has 168 valence electrons. The number of esters is 2. The molecule has 2 aromatic rings. The lowest BCUT2D eigenvalue weighted by Gasteiger charge is -2.37. The van der Waals surface area contributed by atoms with Gasteiger partial charge in [-0.1, -0.05) is 57.2 Å². The third-order valence-electron chi connectivity index (χ3n) is 6.79. The number of carbonyl (C=O) groups is 2. The molecule has 6 heteroatoms. The van der Waals surface area contributed by atoms with Crippen molar-refractivity contribution in [2.24, 2.45) is 5.92 Å². The number of cyclic esters (lactones) is 1. The standard InChI is InChI=1S/C26H30O5Si/c1-26(2,3)32(4,5)31-19-12-11-18-13-21-22(16-30-24(21)27)23(20(18)14-19)25(28)29-15-17-9-7-6-8-10-17/h6-14,22-23H,15-16H2,1-5H3/t22-,23-/m0/s1. The van der Waals surface area contributed by atoms with Gasteiger partial charge in [0.05, 0.1) is 12.5 Å². The van der Waals surface area contributed by atoms with Crippen LogP contribution in [0.3, 0.4) is 0 Å². The number of carbonyl (C=O) groups excluding carboxylic acids is 2. The van der Waals surface area contributed by atoms with Crippen molar-refractivity contribution < 1.29 is 23.5 Å². The summed E-state index contributed by atoms with van der Waals surface area (Å²) in [7, 11) is -2.05. The van der Waals surface area contributed by atoms with Crippen LogP contribution in [0, 0.1) is 5.92 Å². The van der Waals surface area contributed by atoms with Gasteiger partial charge >= 0.3 is 11.9 Å². The van der Waals surface area contributed by atoms with Gasteiger partial charge in [0.2, 0.25) is 8.32 Å². The van der Waals surface area contributed by atoms with Crippen molar-refractivity contribution in [1.82, 2.24) is 0 Å². The molecule has 0 unspecified atom stereocenters. The Balaban J connectivity index is 1.66. The zero-order valence-electron chi connectivity index (χ0n) is 19.3. The molecule has 0 spiro atoms. The fourth-order valence-corrected chi connectivity index (χ4v) is 4.91. The van der Waals surface area contributed by atoms with Crippen molar-refractivity contribution in [3.05, 3.63) is 70.8 Å². The number of hydrogen-bond acceptors (Lipinski definition) is 5. The molecule has 1 heterocycles. The Morgan fingerprint density at radius 3 is 2.53 bits per heavy atom. The van der Waals surface area contributed by atoms with Gasteiger partial charge in [-0.05, 0) is 53.0 Å². The predicted octanol–water partition coefficient (Wildman–Crippen LogP) is 5.47. The second-order valence-electron chi connectivity index (χ2n) is 10.0. The molecule has 1 fully saturated rings. The van der Waals surface area contributed by atoms with E-state index in [0.29, 0.717) is 5.57 Å². The fraction of sp³-hybridized carbons (Fsp3) is 0.385. The van der Waals surface area contributed by atoms with Gasteiger partial charge in [0.15, 0.2) is 0 Å². The summed E-state index contributed by atoms with van der Waals surface area (Å²) in [5, 5.41) is 0.0513. The first-order chi connectivity index (χ1) is 15.1. The van der Waals surface area contributed by atoms with Crippen LogP contribution in [0.25, 0.3) is 6.08 Å². The number of fused-ring (bicyclic) bond motifs is 2. The smallest absolute Gasteiger partial charge is 0.334 e. The highest BCUT2D eigenvalue weighted by molar-refractivity contribution is 6.74. The van der Waals surface area contributed by atoms with Crippen LogP contribution in [0.1, 0.15) is 43.4 Å². The topological polar surface area (TPSA) is 61.8 Å². The molecule has 1 saturated heterocycles. The summed E-state index contributed by atoms with van der Waals surface area (Å²) in [4.78, 5) is 25.6. The van der Waals surface area contributed by atoms with E-state index in [9.17, 15) is 9.59 Å². The van der Waals surface area contributed by atoms with E-state index in [-0.39, 0.29) is 36.1 Å². The first-order valence-corrected chi connectivity index (χ1v) is 13.9. The Labute approximate surface area is 190 Å². The van der Waals surface area contributed by atoms with Crippen molar-refractivity contribution in [2.75, 3.05) is 6.61 Å². The zero-order valence-corrected chi connectivity index (χ0v) is 20.3. The molecule has 0 bridgehead atoms. The van der Waals surface area contributed by atoms with Crippen LogP contribution in [0.4, 0.5) is 0 Å². The largest absolute Gasteiger partial charge is 0.543 e. The van der Waals surface area contributed by atoms with Crippen molar-refractivity contribution >= 4 is 26.3 Å². The molecule has 0 saturated carbocycles. The van der Waals surface area contributed by atoms with Gasteiger partial charge in [0.25, 0.3) is 0 Å². The Morgan fingerprint density at radius 1 is 1.12 bits per heavy atom. The quantitative estimate of drug-likeness (QED) is 0.447. The highest BCUT2D eigenvalue weighted by atomic mass is 28.4. The first kappa shape index (κ1) is 22.3. The van der Waals surface area contributed by atoms with Gasteiger partial charge in [0.1, 0.15) is 12.4 Å². The first-order valence-electron chi connectivity index (χ1n) is 11.0. The molecule has 0 aromatic heterocycles. The monoisotopic (exact) mass is 450 g/mol. The lowest BCUT2D eigenvalue weighted by atomic mass is 9.76. The summed E-state index contributed by atoms with van der Waals surface area (Å²) < 4.78 is 17.5. The minimum atomic E-state index is -2.05.